The Balaban J connectivity index is 2.14. The van der Waals surface area contributed by atoms with Gasteiger partial charge in [-0.2, -0.15) is 0 Å². The molecule has 0 heteroatoms. The Morgan fingerprint density at radius 2 is 1.64 bits per heavy atom. The molecule has 0 radical (unpaired) electrons. The highest BCUT2D eigenvalue weighted by atomic mass is 14.1. The summed E-state index contributed by atoms with van der Waals surface area (Å²) in [7, 11) is 0. The van der Waals surface area contributed by atoms with Gasteiger partial charge in [0, 0.05) is 0 Å². The lowest BCUT2D eigenvalue weighted by atomic mass is 10.1. The molecule has 1 aliphatic carbocycles. The van der Waals surface area contributed by atoms with Crippen LogP contribution in [0, 0.1) is 0 Å². The summed E-state index contributed by atoms with van der Waals surface area (Å²) in [6.45, 7) is 0. The first-order chi connectivity index (χ1) is 6.92. The van der Waals surface area contributed by atoms with Gasteiger partial charge in [0.2, 0.25) is 0 Å². The van der Waals surface area contributed by atoms with Crippen LogP contribution >= 0.6 is 0 Å². The first-order valence-electron chi connectivity index (χ1n) is 5.10. The van der Waals surface area contributed by atoms with Gasteiger partial charge in [0.15, 0.2) is 0 Å². The minimum absolute atomic E-state index is 1.30. The molecule has 0 aliphatic heterocycles. The van der Waals surface area contributed by atoms with E-state index in [4.69, 9.17) is 0 Å². The van der Waals surface area contributed by atoms with E-state index < -0.39 is 0 Å². The maximum absolute atomic E-state index is 2.31. The first-order valence-corrected chi connectivity index (χ1v) is 5.10. The van der Waals surface area contributed by atoms with E-state index in [2.05, 4.69) is 48.5 Å². The van der Waals surface area contributed by atoms with Gasteiger partial charge >= 0.3 is 0 Å². The smallest absolute Gasteiger partial charge is 0.0178 e. The van der Waals surface area contributed by atoms with Gasteiger partial charge in [-0.25, -0.2) is 0 Å². The summed E-state index contributed by atoms with van der Waals surface area (Å²) < 4.78 is 0. The van der Waals surface area contributed by atoms with E-state index in [1.165, 1.54) is 29.2 Å². The zero-order chi connectivity index (χ0) is 9.38. The zero-order valence-corrected chi connectivity index (χ0v) is 8.03. The summed E-state index contributed by atoms with van der Waals surface area (Å²) in [4.78, 5) is 0. The summed E-state index contributed by atoms with van der Waals surface area (Å²) in [5, 5.41) is 2.66. The minimum Gasteiger partial charge on any atom is -0.0690 e. The lowest BCUT2D eigenvalue weighted by Gasteiger charge is -1.98. The minimum atomic E-state index is 1.30. The third-order valence-electron chi connectivity index (χ3n) is 2.68. The molecule has 1 fully saturated rings. The molecular formula is C14H12. The molecule has 1 saturated carbocycles. The van der Waals surface area contributed by atoms with Crippen LogP contribution in [0.1, 0.15) is 18.4 Å². The molecule has 0 saturated heterocycles. The van der Waals surface area contributed by atoms with Crippen molar-refractivity contribution >= 4 is 16.8 Å². The largest absolute Gasteiger partial charge is 0.0690 e. The van der Waals surface area contributed by atoms with Crippen LogP contribution < -0.4 is 0 Å². The van der Waals surface area contributed by atoms with Gasteiger partial charge in [-0.05, 0) is 35.2 Å². The molecule has 68 valence electrons. The Hall–Kier alpha value is -1.56. The number of hydrogen-bond donors (Lipinski definition) is 0. The Morgan fingerprint density at radius 3 is 2.43 bits per heavy atom. The normalized spacial score (nSPS) is 14.4. The third kappa shape index (κ3) is 1.44. The number of allylic oxidation sites excluding steroid dienone is 1. The van der Waals surface area contributed by atoms with Crippen LogP contribution in [0.5, 0.6) is 0 Å². The van der Waals surface area contributed by atoms with Crippen molar-refractivity contribution in [3.05, 3.63) is 53.6 Å². The Labute approximate surface area is 83.9 Å². The van der Waals surface area contributed by atoms with E-state index in [-0.39, 0.29) is 0 Å². The van der Waals surface area contributed by atoms with E-state index in [0.717, 1.165) is 0 Å². The molecule has 0 atom stereocenters. The Kier molecular flexibility index (Phi) is 1.66. The lowest BCUT2D eigenvalue weighted by molar-refractivity contribution is 1.50. The van der Waals surface area contributed by atoms with E-state index >= 15 is 0 Å². The fraction of sp³-hybridized carbons (Fsp3) is 0.143. The number of hydrogen-bond acceptors (Lipinski definition) is 0. The molecule has 0 heterocycles. The second-order valence-electron chi connectivity index (χ2n) is 3.91. The van der Waals surface area contributed by atoms with Crippen LogP contribution in [-0.4, -0.2) is 0 Å². The van der Waals surface area contributed by atoms with E-state index in [1.807, 2.05) is 0 Å². The van der Waals surface area contributed by atoms with Gasteiger partial charge < -0.3 is 0 Å². The van der Waals surface area contributed by atoms with Crippen LogP contribution in [-0.2, 0) is 0 Å². The monoisotopic (exact) mass is 180 g/mol. The van der Waals surface area contributed by atoms with Gasteiger partial charge in [0.25, 0.3) is 0 Å². The molecule has 0 unspecified atom stereocenters. The Morgan fingerprint density at radius 1 is 0.857 bits per heavy atom. The predicted molar refractivity (Wildman–Crippen MR) is 61.2 cm³/mol. The van der Waals surface area contributed by atoms with Crippen molar-refractivity contribution in [2.75, 3.05) is 0 Å². The summed E-state index contributed by atoms with van der Waals surface area (Å²) in [6, 6.07) is 15.2. The molecule has 0 amide bonds. The topological polar surface area (TPSA) is 0 Å². The maximum atomic E-state index is 2.31. The van der Waals surface area contributed by atoms with Crippen LogP contribution in [0.25, 0.3) is 16.8 Å². The molecule has 3 rings (SSSR count). The molecule has 1 aliphatic rings. The van der Waals surface area contributed by atoms with E-state index in [0.29, 0.717) is 0 Å². The van der Waals surface area contributed by atoms with E-state index in [9.17, 15) is 0 Å². The van der Waals surface area contributed by atoms with Crippen molar-refractivity contribution in [3.63, 3.8) is 0 Å². The summed E-state index contributed by atoms with van der Waals surface area (Å²) in [5.41, 5.74) is 2.93. The molecule has 0 spiro atoms. The standard InChI is InChI=1S/C14H12/c1-2-4-14-10-12(9-11-5-6-11)7-8-13(14)3-1/h1-4,7-10H,5-6H2. The summed E-state index contributed by atoms with van der Waals surface area (Å²) >= 11 is 0. The van der Waals surface area contributed by atoms with Gasteiger partial charge in [0.05, 0.1) is 0 Å². The highest BCUT2D eigenvalue weighted by Gasteiger charge is 2.09. The molecule has 14 heavy (non-hydrogen) atoms. The molecule has 0 N–H and O–H groups in total. The Bertz CT molecular complexity index is 500. The highest BCUT2D eigenvalue weighted by Crippen LogP contribution is 2.30. The number of rotatable bonds is 1. The third-order valence-corrected chi connectivity index (χ3v) is 2.68. The SMILES string of the molecule is C(=C1CC1)c1ccc2ccccc2c1. The fourth-order valence-electron chi connectivity index (χ4n) is 1.75. The lowest BCUT2D eigenvalue weighted by Crippen LogP contribution is -1.74. The van der Waals surface area contributed by atoms with E-state index in [1.54, 1.807) is 5.57 Å². The highest BCUT2D eigenvalue weighted by molar-refractivity contribution is 5.84. The van der Waals surface area contributed by atoms with Crippen molar-refractivity contribution in [1.82, 2.24) is 0 Å². The van der Waals surface area contributed by atoms with Gasteiger partial charge in [0.1, 0.15) is 0 Å². The van der Waals surface area contributed by atoms with Crippen molar-refractivity contribution in [1.29, 1.82) is 0 Å². The predicted octanol–water partition coefficient (Wildman–Crippen LogP) is 4.02. The summed E-state index contributed by atoms with van der Waals surface area (Å²) in [5.74, 6) is 0. The average molecular weight is 180 g/mol. The molecule has 2 aromatic carbocycles. The second kappa shape index (κ2) is 2.98. The van der Waals surface area contributed by atoms with Crippen LogP contribution in [0.2, 0.25) is 0 Å². The second-order valence-corrected chi connectivity index (χ2v) is 3.91. The molecule has 0 nitrogen and oxygen atoms in total. The average Bonchev–Trinajstić information content (AvgIpc) is 3.02. The zero-order valence-electron chi connectivity index (χ0n) is 8.03. The van der Waals surface area contributed by atoms with Gasteiger partial charge in [-0.15, -0.1) is 0 Å². The quantitative estimate of drug-likeness (QED) is 0.621. The van der Waals surface area contributed by atoms with Crippen molar-refractivity contribution in [3.8, 4) is 0 Å². The van der Waals surface area contributed by atoms with Crippen LogP contribution in [0.3, 0.4) is 0 Å². The van der Waals surface area contributed by atoms with Crippen molar-refractivity contribution in [2.45, 2.75) is 12.8 Å². The fourth-order valence-corrected chi connectivity index (χ4v) is 1.75. The molecular weight excluding hydrogens is 168 g/mol. The molecule has 0 aromatic heterocycles. The van der Waals surface area contributed by atoms with Crippen molar-refractivity contribution in [2.24, 2.45) is 0 Å². The number of benzene rings is 2. The van der Waals surface area contributed by atoms with Crippen LogP contribution in [0.4, 0.5) is 0 Å². The molecule has 2 aromatic rings. The van der Waals surface area contributed by atoms with Gasteiger partial charge in [-0.3, -0.25) is 0 Å². The maximum Gasteiger partial charge on any atom is -0.0178 e. The van der Waals surface area contributed by atoms with Gasteiger partial charge in [-0.1, -0.05) is 48.0 Å². The molecule has 0 bridgehead atoms. The van der Waals surface area contributed by atoms with Crippen LogP contribution in [0.15, 0.2) is 48.0 Å². The summed E-state index contributed by atoms with van der Waals surface area (Å²) in [6.07, 6.45) is 4.91. The first kappa shape index (κ1) is 7.81. The number of fused-ring (bicyclic) bond motifs is 1. The van der Waals surface area contributed by atoms with Crippen molar-refractivity contribution < 1.29 is 0 Å².